The highest BCUT2D eigenvalue weighted by atomic mass is 35.5. The van der Waals surface area contributed by atoms with Gasteiger partial charge in [-0.1, -0.05) is 43.6 Å². The van der Waals surface area contributed by atoms with Crippen molar-refractivity contribution in [3.05, 3.63) is 34.9 Å². The van der Waals surface area contributed by atoms with E-state index in [2.05, 4.69) is 6.07 Å². The highest BCUT2D eigenvalue weighted by Gasteiger charge is 2.29. The molecule has 14 heavy (non-hydrogen) atoms. The van der Waals surface area contributed by atoms with Crippen LogP contribution in [0.3, 0.4) is 0 Å². The maximum Gasteiger partial charge on any atom is 0.0831 e. The molecule has 0 aliphatic carbocycles. The van der Waals surface area contributed by atoms with Crippen LogP contribution < -0.4 is 0 Å². The first-order valence-electron chi connectivity index (χ1n) is 4.86. The molecule has 1 nitrogen and oxygen atoms in total. The van der Waals surface area contributed by atoms with Crippen LogP contribution in [0.5, 0.6) is 0 Å². The molecule has 0 radical (unpaired) electrons. The summed E-state index contributed by atoms with van der Waals surface area (Å²) in [5, 5.41) is 9.94. The molecule has 2 heteroatoms. The van der Waals surface area contributed by atoms with Crippen molar-refractivity contribution >= 4 is 11.6 Å². The number of halogens is 1. The van der Waals surface area contributed by atoms with Gasteiger partial charge in [0.2, 0.25) is 0 Å². The van der Waals surface area contributed by atoms with Gasteiger partial charge in [0, 0.05) is 5.02 Å². The Morgan fingerprint density at radius 1 is 1.29 bits per heavy atom. The summed E-state index contributed by atoms with van der Waals surface area (Å²) in [5.41, 5.74) is 0.535. The second-order valence-corrected chi connectivity index (χ2v) is 3.79. The summed E-state index contributed by atoms with van der Waals surface area (Å²) in [4.78, 5) is 0. The van der Waals surface area contributed by atoms with Crippen molar-refractivity contribution in [3.63, 3.8) is 0 Å². The lowest BCUT2D eigenvalue weighted by atomic mass is 9.77. The van der Waals surface area contributed by atoms with Gasteiger partial charge in [-0.2, -0.15) is 5.26 Å². The summed E-state index contributed by atoms with van der Waals surface area (Å²) in [5.74, 6) is 0. The molecule has 0 aromatic heterocycles. The second kappa shape index (κ2) is 4.48. The van der Waals surface area contributed by atoms with Crippen LogP contribution in [0.1, 0.15) is 32.3 Å². The highest BCUT2D eigenvalue weighted by molar-refractivity contribution is 6.31. The van der Waals surface area contributed by atoms with Gasteiger partial charge >= 0.3 is 0 Å². The molecule has 74 valence electrons. The molecule has 0 N–H and O–H groups in total. The Balaban J connectivity index is 3.26. The fourth-order valence-electron chi connectivity index (χ4n) is 1.70. The van der Waals surface area contributed by atoms with E-state index in [-0.39, 0.29) is 0 Å². The third kappa shape index (κ3) is 1.76. The molecule has 0 fully saturated rings. The van der Waals surface area contributed by atoms with Crippen LogP contribution in [0, 0.1) is 11.3 Å². The molecule has 0 aliphatic heterocycles. The number of nitriles is 1. The number of hydrogen-bond donors (Lipinski definition) is 0. The van der Waals surface area contributed by atoms with Crippen LogP contribution in [0.4, 0.5) is 0 Å². The fraction of sp³-hybridized carbons (Fsp3) is 0.417. The third-order valence-electron chi connectivity index (χ3n) is 2.81. The van der Waals surface area contributed by atoms with E-state index in [0.29, 0.717) is 5.02 Å². The van der Waals surface area contributed by atoms with Crippen molar-refractivity contribution in [3.8, 4) is 6.07 Å². The normalized spacial score (nSPS) is 11.0. The molecule has 1 rings (SSSR count). The molecule has 0 aliphatic rings. The van der Waals surface area contributed by atoms with E-state index in [9.17, 15) is 5.26 Å². The van der Waals surface area contributed by atoms with E-state index < -0.39 is 5.41 Å². The molecule has 0 bridgehead atoms. The quantitative estimate of drug-likeness (QED) is 0.737. The third-order valence-corrected chi connectivity index (χ3v) is 3.14. The smallest absolute Gasteiger partial charge is 0.0831 e. The molecule has 0 heterocycles. The van der Waals surface area contributed by atoms with Crippen molar-refractivity contribution in [1.82, 2.24) is 0 Å². The molecule has 0 spiro atoms. The summed E-state index contributed by atoms with van der Waals surface area (Å²) in [6.45, 7) is 4.05. The van der Waals surface area contributed by atoms with Crippen LogP contribution in [0.15, 0.2) is 24.3 Å². The van der Waals surface area contributed by atoms with Gasteiger partial charge in [-0.25, -0.2) is 0 Å². The Morgan fingerprint density at radius 2 is 1.86 bits per heavy atom. The maximum absolute atomic E-state index is 9.25. The van der Waals surface area contributed by atoms with Crippen molar-refractivity contribution in [2.75, 3.05) is 0 Å². The first kappa shape index (κ1) is 11.1. The number of rotatable bonds is 3. The summed E-state index contributed by atoms with van der Waals surface area (Å²) in [6.07, 6.45) is 1.59. The van der Waals surface area contributed by atoms with E-state index in [0.717, 1.165) is 18.4 Å². The standard InChI is InChI=1S/C12H14ClN/c1-3-12(4-2,9-14)10-7-5-6-8-11(10)13/h5-8H,3-4H2,1-2H3. The topological polar surface area (TPSA) is 23.8 Å². The summed E-state index contributed by atoms with van der Waals surface area (Å²) >= 11 is 6.09. The zero-order valence-electron chi connectivity index (χ0n) is 8.55. The molecular weight excluding hydrogens is 194 g/mol. The lowest BCUT2D eigenvalue weighted by Gasteiger charge is -2.24. The molecule has 0 unspecified atom stereocenters. The predicted molar refractivity (Wildman–Crippen MR) is 59.3 cm³/mol. The van der Waals surface area contributed by atoms with Crippen molar-refractivity contribution in [2.45, 2.75) is 32.1 Å². The molecule has 1 aromatic carbocycles. The van der Waals surface area contributed by atoms with Gasteiger partial charge < -0.3 is 0 Å². The first-order chi connectivity index (χ1) is 6.70. The number of benzene rings is 1. The van der Waals surface area contributed by atoms with Crippen LogP contribution in [-0.4, -0.2) is 0 Å². The van der Waals surface area contributed by atoms with Gasteiger partial charge in [-0.15, -0.1) is 0 Å². The van der Waals surface area contributed by atoms with Gasteiger partial charge in [-0.3, -0.25) is 0 Å². The van der Waals surface area contributed by atoms with E-state index in [4.69, 9.17) is 11.6 Å². The Kier molecular flexibility index (Phi) is 3.55. The Morgan fingerprint density at radius 3 is 2.29 bits per heavy atom. The van der Waals surface area contributed by atoms with Gasteiger partial charge in [0.15, 0.2) is 0 Å². The first-order valence-corrected chi connectivity index (χ1v) is 5.24. The van der Waals surface area contributed by atoms with Crippen LogP contribution >= 0.6 is 11.6 Å². The summed E-state index contributed by atoms with van der Waals surface area (Å²) < 4.78 is 0. The maximum atomic E-state index is 9.25. The molecule has 0 saturated carbocycles. The average molecular weight is 208 g/mol. The Bertz CT molecular complexity index is 348. The van der Waals surface area contributed by atoms with Crippen LogP contribution in [0.25, 0.3) is 0 Å². The zero-order chi connectivity index (χ0) is 10.6. The van der Waals surface area contributed by atoms with Gasteiger partial charge in [-0.05, 0) is 24.5 Å². The van der Waals surface area contributed by atoms with E-state index in [1.807, 2.05) is 38.1 Å². The van der Waals surface area contributed by atoms with Crippen molar-refractivity contribution in [1.29, 1.82) is 5.26 Å². The monoisotopic (exact) mass is 207 g/mol. The van der Waals surface area contributed by atoms with Gasteiger partial charge in [0.25, 0.3) is 0 Å². The number of hydrogen-bond acceptors (Lipinski definition) is 1. The minimum Gasteiger partial charge on any atom is -0.197 e. The van der Waals surface area contributed by atoms with Crippen molar-refractivity contribution in [2.24, 2.45) is 0 Å². The number of nitrogens with zero attached hydrogens (tertiary/aromatic N) is 1. The zero-order valence-corrected chi connectivity index (χ0v) is 9.30. The van der Waals surface area contributed by atoms with Gasteiger partial charge in [0.1, 0.15) is 0 Å². The summed E-state index contributed by atoms with van der Waals surface area (Å²) in [6, 6.07) is 9.99. The Hall–Kier alpha value is -1.00. The lowest BCUT2D eigenvalue weighted by Crippen LogP contribution is -2.22. The Labute approximate surface area is 90.3 Å². The largest absolute Gasteiger partial charge is 0.197 e. The van der Waals surface area contributed by atoms with Crippen LogP contribution in [-0.2, 0) is 5.41 Å². The van der Waals surface area contributed by atoms with E-state index >= 15 is 0 Å². The molecular formula is C12H14ClN. The average Bonchev–Trinajstić information content (AvgIpc) is 2.24. The SMILES string of the molecule is CCC(C#N)(CC)c1ccccc1Cl. The molecule has 0 saturated heterocycles. The molecule has 0 amide bonds. The van der Waals surface area contributed by atoms with Crippen molar-refractivity contribution < 1.29 is 0 Å². The minimum atomic E-state index is -0.418. The fourth-order valence-corrected chi connectivity index (χ4v) is 2.02. The minimum absolute atomic E-state index is 0.418. The van der Waals surface area contributed by atoms with Crippen LogP contribution in [0.2, 0.25) is 5.02 Å². The van der Waals surface area contributed by atoms with Gasteiger partial charge in [0.05, 0.1) is 11.5 Å². The van der Waals surface area contributed by atoms with E-state index in [1.54, 1.807) is 0 Å². The molecule has 1 aromatic rings. The molecule has 0 atom stereocenters. The second-order valence-electron chi connectivity index (χ2n) is 3.38. The predicted octanol–water partition coefficient (Wildman–Crippen LogP) is 3.92. The highest BCUT2D eigenvalue weighted by Crippen LogP contribution is 2.35. The summed E-state index contributed by atoms with van der Waals surface area (Å²) in [7, 11) is 0. The lowest BCUT2D eigenvalue weighted by molar-refractivity contribution is 0.511. The van der Waals surface area contributed by atoms with E-state index in [1.165, 1.54) is 0 Å².